The normalized spacial score (nSPS) is 21.5. The van der Waals surface area contributed by atoms with Gasteiger partial charge in [-0.25, -0.2) is 0 Å². The molecule has 0 spiro atoms. The summed E-state index contributed by atoms with van der Waals surface area (Å²) >= 11 is 5.32. The van der Waals surface area contributed by atoms with E-state index in [0.29, 0.717) is 5.05 Å². The Balaban J connectivity index is 1.81. The van der Waals surface area contributed by atoms with Gasteiger partial charge in [0, 0.05) is 30.4 Å². The monoisotopic (exact) mass is 271 g/mol. The number of ether oxygens (including phenoxy) is 1. The maximum absolute atomic E-state index is 5.70. The van der Waals surface area contributed by atoms with E-state index >= 15 is 0 Å². The molecular formula is C16H17NOS. The van der Waals surface area contributed by atoms with E-state index in [1.165, 1.54) is 19.3 Å². The summed E-state index contributed by atoms with van der Waals surface area (Å²) in [5.41, 5.74) is 2.10. The highest BCUT2D eigenvalue weighted by Gasteiger charge is 2.19. The Labute approximate surface area is 119 Å². The molecule has 3 heteroatoms. The van der Waals surface area contributed by atoms with Crippen LogP contribution in [-0.2, 0) is 4.74 Å². The van der Waals surface area contributed by atoms with Crippen LogP contribution in [0.4, 0.5) is 0 Å². The SMILES string of the molecule is S=C1OC(c2ccccc2)=C/C1=C/N1CCCCC1. The van der Waals surface area contributed by atoms with Crippen LogP contribution < -0.4 is 0 Å². The summed E-state index contributed by atoms with van der Waals surface area (Å²) in [5.74, 6) is 0.855. The molecule has 2 aliphatic heterocycles. The van der Waals surface area contributed by atoms with Gasteiger partial charge in [0.15, 0.2) is 5.05 Å². The van der Waals surface area contributed by atoms with Crippen LogP contribution in [0.3, 0.4) is 0 Å². The second-order valence-corrected chi connectivity index (χ2v) is 5.32. The van der Waals surface area contributed by atoms with Crippen molar-refractivity contribution in [1.29, 1.82) is 0 Å². The largest absolute Gasteiger partial charge is 0.445 e. The number of likely N-dealkylation sites (tertiary alicyclic amines) is 1. The Bertz CT molecular complexity index is 527. The topological polar surface area (TPSA) is 12.5 Å². The van der Waals surface area contributed by atoms with Crippen LogP contribution in [0.5, 0.6) is 0 Å². The maximum Gasteiger partial charge on any atom is 0.199 e. The molecule has 0 saturated carbocycles. The van der Waals surface area contributed by atoms with Crippen LogP contribution in [0.15, 0.2) is 48.2 Å². The molecule has 0 aliphatic carbocycles. The summed E-state index contributed by atoms with van der Waals surface area (Å²) in [6.07, 6.45) is 8.08. The molecule has 1 aromatic rings. The molecule has 0 unspecified atom stereocenters. The van der Waals surface area contributed by atoms with Gasteiger partial charge in [0.25, 0.3) is 0 Å². The third-order valence-electron chi connectivity index (χ3n) is 3.50. The molecule has 1 fully saturated rings. The smallest absolute Gasteiger partial charge is 0.199 e. The van der Waals surface area contributed by atoms with Crippen molar-refractivity contribution in [2.75, 3.05) is 13.1 Å². The lowest BCUT2D eigenvalue weighted by Crippen LogP contribution is -2.25. The van der Waals surface area contributed by atoms with E-state index < -0.39 is 0 Å². The first-order chi connectivity index (χ1) is 9.33. The van der Waals surface area contributed by atoms with Crippen molar-refractivity contribution < 1.29 is 4.74 Å². The zero-order valence-electron chi connectivity index (χ0n) is 10.8. The van der Waals surface area contributed by atoms with Crippen molar-refractivity contribution in [3.8, 4) is 0 Å². The molecule has 0 aromatic heterocycles. The molecule has 0 atom stereocenters. The zero-order valence-corrected chi connectivity index (χ0v) is 11.7. The molecule has 19 heavy (non-hydrogen) atoms. The van der Waals surface area contributed by atoms with Crippen molar-refractivity contribution in [2.45, 2.75) is 19.3 Å². The number of hydrogen-bond donors (Lipinski definition) is 0. The predicted octanol–water partition coefficient (Wildman–Crippen LogP) is 3.75. The second-order valence-electron chi connectivity index (χ2n) is 4.95. The van der Waals surface area contributed by atoms with E-state index in [9.17, 15) is 0 Å². The first kappa shape index (κ1) is 12.4. The molecule has 0 bridgehead atoms. The summed E-state index contributed by atoms with van der Waals surface area (Å²) in [5, 5.41) is 0.587. The number of nitrogens with zero attached hydrogens (tertiary/aromatic N) is 1. The maximum atomic E-state index is 5.70. The Morgan fingerprint density at radius 3 is 2.53 bits per heavy atom. The highest BCUT2D eigenvalue weighted by atomic mass is 32.1. The average Bonchev–Trinajstić information content (AvgIpc) is 2.82. The molecule has 0 radical (unpaired) electrons. The second kappa shape index (κ2) is 5.57. The minimum atomic E-state index is 0.587. The summed E-state index contributed by atoms with van der Waals surface area (Å²) in [7, 11) is 0. The molecule has 1 aromatic carbocycles. The summed E-state index contributed by atoms with van der Waals surface area (Å²) in [6, 6.07) is 10.1. The number of piperidine rings is 1. The molecular weight excluding hydrogens is 254 g/mol. The third kappa shape index (κ3) is 2.87. The van der Waals surface area contributed by atoms with Crippen LogP contribution in [0.25, 0.3) is 5.76 Å². The Hall–Kier alpha value is -1.61. The number of rotatable bonds is 2. The molecule has 0 amide bonds. The summed E-state index contributed by atoms with van der Waals surface area (Å²) in [4.78, 5) is 2.35. The first-order valence-corrected chi connectivity index (χ1v) is 7.19. The predicted molar refractivity (Wildman–Crippen MR) is 81.6 cm³/mol. The van der Waals surface area contributed by atoms with Gasteiger partial charge in [0.05, 0.1) is 0 Å². The van der Waals surface area contributed by atoms with Gasteiger partial charge in [-0.15, -0.1) is 0 Å². The quantitative estimate of drug-likeness (QED) is 0.600. The van der Waals surface area contributed by atoms with E-state index in [0.717, 1.165) is 30.0 Å². The van der Waals surface area contributed by atoms with Gasteiger partial charge < -0.3 is 9.64 Å². The van der Waals surface area contributed by atoms with E-state index in [1.807, 2.05) is 36.4 Å². The van der Waals surface area contributed by atoms with Crippen LogP contribution in [0, 0.1) is 0 Å². The van der Waals surface area contributed by atoms with E-state index in [-0.39, 0.29) is 0 Å². The Morgan fingerprint density at radius 1 is 1.05 bits per heavy atom. The third-order valence-corrected chi connectivity index (χ3v) is 3.81. The number of thiocarbonyl (C=S) groups is 1. The molecule has 2 nitrogen and oxygen atoms in total. The molecule has 98 valence electrons. The van der Waals surface area contributed by atoms with Gasteiger partial charge in [-0.1, -0.05) is 30.3 Å². The van der Waals surface area contributed by atoms with Crippen LogP contribution >= 0.6 is 12.2 Å². The Kier molecular flexibility index (Phi) is 3.65. The average molecular weight is 271 g/mol. The van der Waals surface area contributed by atoms with Gasteiger partial charge in [-0.05, 0) is 37.6 Å². The molecule has 0 N–H and O–H groups in total. The lowest BCUT2D eigenvalue weighted by Gasteiger charge is -2.25. The van der Waals surface area contributed by atoms with Crippen LogP contribution in [0.2, 0.25) is 0 Å². The lowest BCUT2D eigenvalue weighted by atomic mass is 10.1. The minimum absolute atomic E-state index is 0.587. The molecule has 2 heterocycles. The van der Waals surface area contributed by atoms with Crippen LogP contribution in [0.1, 0.15) is 24.8 Å². The van der Waals surface area contributed by atoms with E-state index in [2.05, 4.69) is 11.1 Å². The first-order valence-electron chi connectivity index (χ1n) is 6.78. The Morgan fingerprint density at radius 2 is 1.79 bits per heavy atom. The number of hydrogen-bond acceptors (Lipinski definition) is 3. The van der Waals surface area contributed by atoms with Crippen molar-refractivity contribution in [3.63, 3.8) is 0 Å². The standard InChI is InChI=1S/C16H17NOS/c19-16-14(12-17-9-5-2-6-10-17)11-15(18-16)13-7-3-1-4-8-13/h1,3-4,7-8,11-12H,2,5-6,9-10H2/b14-12-. The van der Waals surface area contributed by atoms with E-state index in [1.54, 1.807) is 0 Å². The van der Waals surface area contributed by atoms with Gasteiger partial charge >= 0.3 is 0 Å². The number of benzene rings is 1. The van der Waals surface area contributed by atoms with Gasteiger partial charge in [-0.3, -0.25) is 0 Å². The fourth-order valence-corrected chi connectivity index (χ4v) is 2.67. The molecule has 1 saturated heterocycles. The van der Waals surface area contributed by atoms with Crippen molar-refractivity contribution in [2.24, 2.45) is 0 Å². The van der Waals surface area contributed by atoms with Crippen molar-refractivity contribution in [3.05, 3.63) is 53.7 Å². The summed E-state index contributed by atoms with van der Waals surface area (Å²) in [6.45, 7) is 2.25. The lowest BCUT2D eigenvalue weighted by molar-refractivity contribution is 0.308. The fourth-order valence-electron chi connectivity index (χ4n) is 2.47. The fraction of sp³-hybridized carbons (Fsp3) is 0.312. The van der Waals surface area contributed by atoms with Crippen LogP contribution in [-0.4, -0.2) is 23.0 Å². The highest BCUT2D eigenvalue weighted by Crippen LogP contribution is 2.27. The minimum Gasteiger partial charge on any atom is -0.445 e. The van der Waals surface area contributed by atoms with Gasteiger partial charge in [0.1, 0.15) is 5.76 Å². The van der Waals surface area contributed by atoms with Gasteiger partial charge in [-0.2, -0.15) is 0 Å². The summed E-state index contributed by atoms with van der Waals surface area (Å²) < 4.78 is 5.70. The highest BCUT2D eigenvalue weighted by molar-refractivity contribution is 7.80. The zero-order chi connectivity index (χ0) is 13.1. The van der Waals surface area contributed by atoms with Gasteiger partial charge in [0.2, 0.25) is 0 Å². The molecule has 3 rings (SSSR count). The van der Waals surface area contributed by atoms with Crippen molar-refractivity contribution >= 4 is 23.0 Å². The van der Waals surface area contributed by atoms with E-state index in [4.69, 9.17) is 17.0 Å². The van der Waals surface area contributed by atoms with Crippen molar-refractivity contribution in [1.82, 2.24) is 4.90 Å². The molecule has 2 aliphatic rings.